The zero-order valence-corrected chi connectivity index (χ0v) is 30.6. The molecule has 0 spiro atoms. The lowest BCUT2D eigenvalue weighted by Gasteiger charge is -2.16. The Morgan fingerprint density at radius 3 is 1.35 bits per heavy atom. The van der Waals surface area contributed by atoms with Gasteiger partial charge in [-0.1, -0.05) is 176 Å². The number of rotatable bonds is 7. The van der Waals surface area contributed by atoms with Gasteiger partial charge in [-0.3, -0.25) is 0 Å². The quantitative estimate of drug-likeness (QED) is 0.165. The fourth-order valence-electron chi connectivity index (χ4n) is 7.55. The van der Waals surface area contributed by atoms with Crippen molar-refractivity contribution >= 4 is 31.5 Å². The Balaban J connectivity index is 1.13. The topological polar surface area (TPSA) is 38.7 Å². The second-order valence-electron chi connectivity index (χ2n) is 13.6. The zero-order valence-electron chi connectivity index (χ0n) is 29.8. The molecule has 258 valence electrons. The highest BCUT2D eigenvalue weighted by Gasteiger charge is 2.19. The average molecular weight is 720 g/mol. The Kier molecular flexibility index (Phi) is 8.36. The Bertz CT molecular complexity index is 2910. The van der Waals surface area contributed by atoms with Crippen LogP contribution in [0.25, 0.3) is 98.8 Å². The monoisotopic (exact) mass is 719 g/mol. The molecule has 0 aliphatic rings. The molecule has 4 heteroatoms. The lowest BCUT2D eigenvalue weighted by atomic mass is 9.88. The molecule has 0 amide bonds. The van der Waals surface area contributed by atoms with Crippen molar-refractivity contribution in [2.45, 2.75) is 0 Å². The second kappa shape index (κ2) is 14.1. The van der Waals surface area contributed by atoms with Gasteiger partial charge in [-0.25, -0.2) is 15.0 Å². The van der Waals surface area contributed by atoms with E-state index >= 15 is 0 Å². The van der Waals surface area contributed by atoms with Gasteiger partial charge in [0.2, 0.25) is 0 Å². The molecular formula is C51H33N3S. The van der Waals surface area contributed by atoms with Gasteiger partial charge in [0, 0.05) is 36.9 Å². The van der Waals surface area contributed by atoms with E-state index in [1.807, 2.05) is 36.4 Å². The minimum absolute atomic E-state index is 0.656. The number of aromatic nitrogens is 3. The van der Waals surface area contributed by atoms with Crippen molar-refractivity contribution in [3.8, 4) is 78.7 Å². The summed E-state index contributed by atoms with van der Waals surface area (Å²) in [6.45, 7) is 0. The van der Waals surface area contributed by atoms with Gasteiger partial charge in [-0.05, 0) is 68.8 Å². The summed E-state index contributed by atoms with van der Waals surface area (Å²) in [7, 11) is 0. The summed E-state index contributed by atoms with van der Waals surface area (Å²) in [5, 5.41) is 2.35. The molecule has 2 heterocycles. The normalized spacial score (nSPS) is 11.3. The SMILES string of the molecule is c1ccc(-c2cccc(-c3ccccc3-c3ccccc3-c3ccc4sc5cccc(-c6nc(-c7ccccc7)nc(-c7ccccc7)n6)c5c4c3)c2)cc1. The predicted octanol–water partition coefficient (Wildman–Crippen LogP) is 13.9. The van der Waals surface area contributed by atoms with E-state index in [2.05, 4.69) is 164 Å². The highest BCUT2D eigenvalue weighted by molar-refractivity contribution is 7.26. The summed E-state index contributed by atoms with van der Waals surface area (Å²) in [6.07, 6.45) is 0. The van der Waals surface area contributed by atoms with Crippen molar-refractivity contribution in [1.29, 1.82) is 0 Å². The van der Waals surface area contributed by atoms with Crippen molar-refractivity contribution in [3.63, 3.8) is 0 Å². The van der Waals surface area contributed by atoms with Crippen LogP contribution in [-0.2, 0) is 0 Å². The third-order valence-corrected chi connectivity index (χ3v) is 11.3. The van der Waals surface area contributed by atoms with E-state index in [9.17, 15) is 0 Å². The number of benzene rings is 8. The summed E-state index contributed by atoms with van der Waals surface area (Å²) in [5.41, 5.74) is 12.5. The molecule has 0 fully saturated rings. The highest BCUT2D eigenvalue weighted by Crippen LogP contribution is 2.44. The van der Waals surface area contributed by atoms with Gasteiger partial charge in [0.1, 0.15) is 0 Å². The number of fused-ring (bicyclic) bond motifs is 3. The van der Waals surface area contributed by atoms with Crippen molar-refractivity contribution in [2.24, 2.45) is 0 Å². The molecule has 0 saturated carbocycles. The molecular weight excluding hydrogens is 687 g/mol. The van der Waals surface area contributed by atoms with Crippen molar-refractivity contribution in [2.75, 3.05) is 0 Å². The van der Waals surface area contributed by atoms with Crippen LogP contribution in [-0.4, -0.2) is 15.0 Å². The molecule has 0 N–H and O–H groups in total. The average Bonchev–Trinajstić information content (AvgIpc) is 3.65. The number of nitrogens with zero attached hydrogens (tertiary/aromatic N) is 3. The maximum atomic E-state index is 5.12. The third kappa shape index (κ3) is 6.19. The second-order valence-corrected chi connectivity index (χ2v) is 14.7. The summed E-state index contributed by atoms with van der Waals surface area (Å²) in [6, 6.07) is 70.6. The maximum absolute atomic E-state index is 5.12. The number of hydrogen-bond donors (Lipinski definition) is 0. The van der Waals surface area contributed by atoms with Crippen LogP contribution < -0.4 is 0 Å². The van der Waals surface area contributed by atoms with E-state index in [-0.39, 0.29) is 0 Å². The summed E-state index contributed by atoms with van der Waals surface area (Å²) in [5.74, 6) is 1.97. The summed E-state index contributed by atoms with van der Waals surface area (Å²) < 4.78 is 2.42. The lowest BCUT2D eigenvalue weighted by Crippen LogP contribution is -2.00. The molecule has 3 nitrogen and oxygen atoms in total. The van der Waals surface area contributed by atoms with Gasteiger partial charge in [-0.15, -0.1) is 11.3 Å². The molecule has 0 unspecified atom stereocenters. The van der Waals surface area contributed by atoms with Crippen LogP contribution >= 0.6 is 11.3 Å². The Morgan fingerprint density at radius 1 is 0.273 bits per heavy atom. The Morgan fingerprint density at radius 2 is 0.727 bits per heavy atom. The van der Waals surface area contributed by atoms with E-state index in [1.165, 1.54) is 53.7 Å². The summed E-state index contributed by atoms with van der Waals surface area (Å²) >= 11 is 1.80. The van der Waals surface area contributed by atoms with Crippen molar-refractivity contribution in [3.05, 3.63) is 200 Å². The van der Waals surface area contributed by atoms with Crippen LogP contribution in [0.2, 0.25) is 0 Å². The molecule has 0 saturated heterocycles. The van der Waals surface area contributed by atoms with Gasteiger partial charge >= 0.3 is 0 Å². The van der Waals surface area contributed by atoms with Crippen LogP contribution in [0.5, 0.6) is 0 Å². The van der Waals surface area contributed by atoms with Gasteiger partial charge in [0.05, 0.1) is 0 Å². The molecule has 10 rings (SSSR count). The molecule has 0 aliphatic heterocycles. The maximum Gasteiger partial charge on any atom is 0.164 e. The minimum atomic E-state index is 0.656. The molecule has 10 aromatic rings. The van der Waals surface area contributed by atoms with Gasteiger partial charge in [-0.2, -0.15) is 0 Å². The first-order valence-electron chi connectivity index (χ1n) is 18.4. The third-order valence-electron chi connectivity index (χ3n) is 10.2. The summed E-state index contributed by atoms with van der Waals surface area (Å²) in [4.78, 5) is 15.2. The van der Waals surface area contributed by atoms with Gasteiger partial charge < -0.3 is 0 Å². The van der Waals surface area contributed by atoms with Crippen LogP contribution in [0.15, 0.2) is 200 Å². The Hall–Kier alpha value is -7.01. The zero-order chi connectivity index (χ0) is 36.6. The molecule has 0 radical (unpaired) electrons. The highest BCUT2D eigenvalue weighted by atomic mass is 32.1. The molecule has 0 atom stereocenters. The van der Waals surface area contributed by atoms with Gasteiger partial charge in [0.25, 0.3) is 0 Å². The van der Waals surface area contributed by atoms with Crippen LogP contribution in [0.4, 0.5) is 0 Å². The van der Waals surface area contributed by atoms with Crippen molar-refractivity contribution < 1.29 is 0 Å². The molecule has 0 bridgehead atoms. The lowest BCUT2D eigenvalue weighted by molar-refractivity contribution is 1.08. The largest absolute Gasteiger partial charge is 0.208 e. The number of thiophene rings is 1. The van der Waals surface area contributed by atoms with Crippen molar-refractivity contribution in [1.82, 2.24) is 15.0 Å². The fraction of sp³-hybridized carbons (Fsp3) is 0. The van der Waals surface area contributed by atoms with Gasteiger partial charge in [0.15, 0.2) is 17.5 Å². The smallest absolute Gasteiger partial charge is 0.164 e. The fourth-order valence-corrected chi connectivity index (χ4v) is 8.66. The van der Waals surface area contributed by atoms with Crippen LogP contribution in [0.3, 0.4) is 0 Å². The minimum Gasteiger partial charge on any atom is -0.208 e. The number of hydrogen-bond acceptors (Lipinski definition) is 4. The first-order valence-corrected chi connectivity index (χ1v) is 19.3. The standard InChI is InChI=1S/C51H33N3S/c1-4-16-34(17-5-1)37-22-14-23-38(32-37)40-24-10-12-26-42(40)43-27-13-11-25-41(43)39-30-31-46-45(33-39)48-44(28-15-29-47(48)55-46)51-53-49(35-18-6-2-7-19-35)52-50(54-51)36-20-8-3-9-21-36/h1-33H. The van der Waals surface area contributed by atoms with E-state index in [4.69, 9.17) is 15.0 Å². The Labute approximate surface area is 323 Å². The predicted molar refractivity (Wildman–Crippen MR) is 231 cm³/mol. The van der Waals surface area contributed by atoms with E-state index in [0.717, 1.165) is 27.6 Å². The van der Waals surface area contributed by atoms with E-state index in [0.29, 0.717) is 17.5 Å². The molecule has 8 aromatic carbocycles. The first-order chi connectivity index (χ1) is 27.3. The molecule has 55 heavy (non-hydrogen) atoms. The first kappa shape index (κ1) is 32.6. The van der Waals surface area contributed by atoms with Crippen LogP contribution in [0, 0.1) is 0 Å². The molecule has 2 aromatic heterocycles. The molecule has 0 aliphatic carbocycles. The van der Waals surface area contributed by atoms with E-state index in [1.54, 1.807) is 11.3 Å². The van der Waals surface area contributed by atoms with E-state index < -0.39 is 0 Å². The van der Waals surface area contributed by atoms with Crippen LogP contribution in [0.1, 0.15) is 0 Å².